The lowest BCUT2D eigenvalue weighted by molar-refractivity contribution is 0.130. The van der Waals surface area contributed by atoms with Gasteiger partial charge >= 0.3 is 0 Å². The summed E-state index contributed by atoms with van der Waals surface area (Å²) in [4.78, 5) is 0. The average molecular weight is 504 g/mol. The zero-order valence-corrected chi connectivity index (χ0v) is 22.7. The zero-order chi connectivity index (χ0) is 26.3. The highest BCUT2D eigenvalue weighted by molar-refractivity contribution is 5.94. The van der Waals surface area contributed by atoms with Gasteiger partial charge in [-0.1, -0.05) is 75.4 Å². The molecule has 3 heterocycles. The highest BCUT2D eigenvalue weighted by Crippen LogP contribution is 2.47. The number of nitrogens with zero attached hydrogens (tertiary/aromatic N) is 3. The van der Waals surface area contributed by atoms with Gasteiger partial charge in [-0.25, -0.2) is 0 Å². The molecule has 6 rings (SSSR count). The molecule has 0 aliphatic rings. The molecule has 0 amide bonds. The summed E-state index contributed by atoms with van der Waals surface area (Å²) in [7, 11) is 0. The van der Waals surface area contributed by atoms with Gasteiger partial charge in [0.2, 0.25) is 0 Å². The molecule has 0 saturated carbocycles. The second kappa shape index (κ2) is 9.85. The molecule has 0 aliphatic carbocycles. The van der Waals surface area contributed by atoms with E-state index in [2.05, 4.69) is 126 Å². The summed E-state index contributed by atoms with van der Waals surface area (Å²) >= 11 is 0. The Morgan fingerprint density at radius 3 is 1.08 bits per heavy atom. The molecule has 194 valence electrons. The van der Waals surface area contributed by atoms with Crippen molar-refractivity contribution < 1.29 is 5.11 Å². The van der Waals surface area contributed by atoms with Crippen LogP contribution >= 0.6 is 0 Å². The van der Waals surface area contributed by atoms with Crippen LogP contribution < -0.4 is 0 Å². The van der Waals surface area contributed by atoms with Crippen LogP contribution in [0.15, 0.2) is 91.4 Å². The first-order chi connectivity index (χ1) is 18.6. The van der Waals surface area contributed by atoms with E-state index in [0.29, 0.717) is 0 Å². The van der Waals surface area contributed by atoms with Crippen LogP contribution in [0.3, 0.4) is 0 Å². The predicted molar refractivity (Wildman–Crippen MR) is 159 cm³/mol. The molecular formula is C34H37N3O. The Bertz CT molecular complexity index is 1530. The summed E-state index contributed by atoms with van der Waals surface area (Å²) in [6.45, 7) is 9.34. The van der Waals surface area contributed by atoms with Crippen LogP contribution in [-0.4, -0.2) is 18.8 Å². The Kier molecular flexibility index (Phi) is 6.37. The van der Waals surface area contributed by atoms with Crippen LogP contribution in [0.1, 0.15) is 56.7 Å². The fraction of sp³-hybridized carbons (Fsp3) is 0.294. The van der Waals surface area contributed by atoms with Crippen LogP contribution in [0.4, 0.5) is 0 Å². The molecule has 0 radical (unpaired) electrons. The third kappa shape index (κ3) is 3.70. The van der Waals surface area contributed by atoms with E-state index in [9.17, 15) is 5.11 Å². The minimum atomic E-state index is -1.34. The van der Waals surface area contributed by atoms with E-state index in [1.807, 2.05) is 0 Å². The molecular weight excluding hydrogens is 466 g/mol. The number of benzene rings is 3. The monoisotopic (exact) mass is 503 g/mol. The van der Waals surface area contributed by atoms with E-state index in [0.717, 1.165) is 88.3 Å². The van der Waals surface area contributed by atoms with Crippen molar-refractivity contribution in [1.29, 1.82) is 0 Å². The summed E-state index contributed by atoms with van der Waals surface area (Å²) in [5, 5.41) is 16.7. The van der Waals surface area contributed by atoms with Crippen LogP contribution in [0, 0.1) is 0 Å². The first-order valence-electron chi connectivity index (χ1n) is 14.1. The van der Waals surface area contributed by atoms with Gasteiger partial charge in [0.05, 0.1) is 0 Å². The second-order valence-corrected chi connectivity index (χ2v) is 10.5. The van der Waals surface area contributed by atoms with Crippen molar-refractivity contribution in [3.63, 3.8) is 0 Å². The van der Waals surface area contributed by atoms with Crippen LogP contribution in [0.2, 0.25) is 0 Å². The molecule has 4 nitrogen and oxygen atoms in total. The average Bonchev–Trinajstić information content (AvgIpc) is 3.63. The van der Waals surface area contributed by atoms with Crippen molar-refractivity contribution in [2.75, 3.05) is 0 Å². The summed E-state index contributed by atoms with van der Waals surface area (Å²) < 4.78 is 6.93. The number of hydrogen-bond acceptors (Lipinski definition) is 1. The molecule has 0 aliphatic heterocycles. The van der Waals surface area contributed by atoms with Crippen molar-refractivity contribution >= 4 is 32.7 Å². The molecule has 0 bridgehead atoms. The van der Waals surface area contributed by atoms with Gasteiger partial charge in [-0.2, -0.15) is 0 Å². The van der Waals surface area contributed by atoms with Crippen LogP contribution in [-0.2, 0) is 25.2 Å². The Morgan fingerprint density at radius 2 is 0.789 bits per heavy atom. The predicted octanol–water partition coefficient (Wildman–Crippen LogP) is 8.06. The SMILES string of the molecule is CCCn1cc(C(O)(c2cn(CCC)c3ccccc23)c2cn(CCC)c3ccccc23)c2ccccc21. The van der Waals surface area contributed by atoms with Gasteiger partial charge in [0, 0.05) is 87.6 Å². The molecule has 3 aromatic carbocycles. The van der Waals surface area contributed by atoms with Crippen molar-refractivity contribution in [2.45, 2.75) is 65.3 Å². The van der Waals surface area contributed by atoms with Crippen molar-refractivity contribution in [2.24, 2.45) is 0 Å². The number of para-hydroxylation sites is 3. The third-order valence-electron chi connectivity index (χ3n) is 7.93. The highest BCUT2D eigenvalue weighted by atomic mass is 16.3. The molecule has 0 fully saturated rings. The molecule has 6 aromatic rings. The van der Waals surface area contributed by atoms with Gasteiger partial charge in [0.25, 0.3) is 0 Å². The van der Waals surface area contributed by atoms with Crippen LogP contribution in [0.25, 0.3) is 32.7 Å². The number of aromatic nitrogens is 3. The smallest absolute Gasteiger partial charge is 0.146 e. The fourth-order valence-corrected chi connectivity index (χ4v) is 6.32. The number of fused-ring (bicyclic) bond motifs is 3. The number of aliphatic hydroxyl groups is 1. The zero-order valence-electron chi connectivity index (χ0n) is 22.7. The van der Waals surface area contributed by atoms with Crippen molar-refractivity contribution in [3.8, 4) is 0 Å². The lowest BCUT2D eigenvalue weighted by Gasteiger charge is -2.28. The van der Waals surface area contributed by atoms with Gasteiger partial charge in [-0.05, 0) is 37.5 Å². The minimum absolute atomic E-state index is 0.909. The first kappa shape index (κ1) is 24.6. The fourth-order valence-electron chi connectivity index (χ4n) is 6.32. The van der Waals surface area contributed by atoms with Crippen molar-refractivity contribution in [1.82, 2.24) is 13.7 Å². The molecule has 4 heteroatoms. The highest BCUT2D eigenvalue weighted by Gasteiger charge is 2.41. The summed E-state index contributed by atoms with van der Waals surface area (Å²) in [5.74, 6) is 0. The van der Waals surface area contributed by atoms with Gasteiger partial charge in [-0.15, -0.1) is 0 Å². The van der Waals surface area contributed by atoms with Gasteiger partial charge in [0.15, 0.2) is 0 Å². The van der Waals surface area contributed by atoms with Crippen LogP contribution in [0.5, 0.6) is 0 Å². The number of aryl methyl sites for hydroxylation is 3. The largest absolute Gasteiger partial charge is 0.376 e. The molecule has 0 atom stereocenters. The summed E-state index contributed by atoms with van der Waals surface area (Å²) in [5.41, 5.74) is 4.99. The quantitative estimate of drug-likeness (QED) is 0.213. The topological polar surface area (TPSA) is 35.0 Å². The maximum Gasteiger partial charge on any atom is 0.146 e. The van der Waals surface area contributed by atoms with E-state index < -0.39 is 5.60 Å². The van der Waals surface area contributed by atoms with E-state index in [-0.39, 0.29) is 0 Å². The standard InChI is InChI=1S/C34H37N3O/c1-4-19-35-22-28(25-13-7-10-16-31(25)35)34(38,29-23-36(20-5-2)32-17-11-8-14-26(29)32)30-24-37(21-6-3)33-18-12-9-15-27(30)33/h7-18,22-24,38H,4-6,19-21H2,1-3H3. The summed E-state index contributed by atoms with van der Waals surface area (Å²) in [6, 6.07) is 25.6. The minimum Gasteiger partial charge on any atom is -0.376 e. The molecule has 0 unspecified atom stereocenters. The van der Waals surface area contributed by atoms with E-state index in [1.165, 1.54) is 0 Å². The van der Waals surface area contributed by atoms with Gasteiger partial charge < -0.3 is 18.8 Å². The Balaban J connectivity index is 1.76. The Labute approximate surface area is 224 Å². The molecule has 0 saturated heterocycles. The number of rotatable bonds is 9. The van der Waals surface area contributed by atoms with E-state index >= 15 is 0 Å². The molecule has 3 aromatic heterocycles. The Hall–Kier alpha value is -3.76. The lowest BCUT2D eigenvalue weighted by atomic mass is 9.80. The molecule has 38 heavy (non-hydrogen) atoms. The van der Waals surface area contributed by atoms with E-state index in [4.69, 9.17) is 0 Å². The molecule has 0 spiro atoms. The van der Waals surface area contributed by atoms with Crippen molar-refractivity contribution in [3.05, 3.63) is 108 Å². The van der Waals surface area contributed by atoms with Gasteiger partial charge in [-0.3, -0.25) is 0 Å². The maximum atomic E-state index is 13.4. The maximum absolute atomic E-state index is 13.4. The normalized spacial score (nSPS) is 12.3. The first-order valence-corrected chi connectivity index (χ1v) is 14.1. The Morgan fingerprint density at radius 1 is 0.500 bits per heavy atom. The number of hydrogen-bond donors (Lipinski definition) is 1. The summed E-state index contributed by atoms with van der Waals surface area (Å²) in [6.07, 6.45) is 9.69. The molecule has 1 N–H and O–H groups in total. The second-order valence-electron chi connectivity index (χ2n) is 10.5. The van der Waals surface area contributed by atoms with E-state index in [1.54, 1.807) is 0 Å². The van der Waals surface area contributed by atoms with Gasteiger partial charge in [0.1, 0.15) is 5.60 Å². The lowest BCUT2D eigenvalue weighted by Crippen LogP contribution is -2.28. The third-order valence-corrected chi connectivity index (χ3v) is 7.93.